The Hall–Kier alpha value is -1.66. The molecule has 1 saturated heterocycles. The van der Waals surface area contributed by atoms with Gasteiger partial charge in [-0.15, -0.1) is 0 Å². The molecule has 1 aromatic rings. The van der Waals surface area contributed by atoms with E-state index in [1.165, 1.54) is 0 Å². The van der Waals surface area contributed by atoms with Gasteiger partial charge in [-0.1, -0.05) is 0 Å². The molecule has 1 aliphatic rings. The maximum Gasteiger partial charge on any atom is 0.255 e. The molecule has 0 aliphatic carbocycles. The molecule has 0 N–H and O–H groups in total. The maximum absolute atomic E-state index is 12.5. The minimum atomic E-state index is -0.181. The summed E-state index contributed by atoms with van der Waals surface area (Å²) in [5.41, 5.74) is 0.383. The van der Waals surface area contributed by atoms with Crippen LogP contribution in [0.3, 0.4) is 0 Å². The van der Waals surface area contributed by atoms with Gasteiger partial charge in [0.2, 0.25) is 5.88 Å². The molecule has 2 atom stereocenters. The van der Waals surface area contributed by atoms with Gasteiger partial charge >= 0.3 is 0 Å². The SMILES string of the molecule is CC1CN(C(=O)c2ccc(OCCOC(C)(C)C)nc2)CC(C)O1. The first-order chi connectivity index (χ1) is 11.2. The van der Waals surface area contributed by atoms with E-state index in [4.69, 9.17) is 14.2 Å². The van der Waals surface area contributed by atoms with Gasteiger partial charge in [0.1, 0.15) is 6.61 Å². The van der Waals surface area contributed by atoms with Gasteiger partial charge in [-0.25, -0.2) is 4.98 Å². The Morgan fingerprint density at radius 1 is 1.25 bits per heavy atom. The molecule has 1 amide bonds. The smallest absolute Gasteiger partial charge is 0.255 e. The number of amides is 1. The Bertz CT molecular complexity index is 529. The van der Waals surface area contributed by atoms with Gasteiger partial charge in [0, 0.05) is 25.4 Å². The van der Waals surface area contributed by atoms with Crippen molar-refractivity contribution in [3.63, 3.8) is 0 Å². The summed E-state index contributed by atoms with van der Waals surface area (Å²) in [5, 5.41) is 0. The van der Waals surface area contributed by atoms with Crippen LogP contribution in [0.5, 0.6) is 5.88 Å². The van der Waals surface area contributed by atoms with Crippen LogP contribution in [0.4, 0.5) is 0 Å². The van der Waals surface area contributed by atoms with Crippen molar-refractivity contribution in [1.82, 2.24) is 9.88 Å². The van der Waals surface area contributed by atoms with E-state index in [9.17, 15) is 4.79 Å². The number of carbonyl (C=O) groups is 1. The normalized spacial score (nSPS) is 21.6. The van der Waals surface area contributed by atoms with E-state index >= 15 is 0 Å². The molecular formula is C18H28N2O4. The number of aromatic nitrogens is 1. The summed E-state index contributed by atoms with van der Waals surface area (Å²) in [6, 6.07) is 3.47. The zero-order valence-corrected chi connectivity index (χ0v) is 15.2. The molecule has 0 aromatic carbocycles. The van der Waals surface area contributed by atoms with E-state index < -0.39 is 0 Å². The molecule has 2 unspecified atom stereocenters. The number of rotatable bonds is 5. The first kappa shape index (κ1) is 18.7. The van der Waals surface area contributed by atoms with Crippen LogP contribution in [0.2, 0.25) is 0 Å². The largest absolute Gasteiger partial charge is 0.475 e. The van der Waals surface area contributed by atoms with Crippen molar-refractivity contribution in [2.75, 3.05) is 26.3 Å². The van der Waals surface area contributed by atoms with Crippen LogP contribution in [0.1, 0.15) is 45.0 Å². The highest BCUT2D eigenvalue weighted by atomic mass is 16.5. The lowest BCUT2D eigenvalue weighted by molar-refractivity contribution is -0.0586. The average Bonchev–Trinajstić information content (AvgIpc) is 2.49. The van der Waals surface area contributed by atoms with Crippen LogP contribution in [0.25, 0.3) is 0 Å². The minimum absolute atomic E-state index is 0.0212. The van der Waals surface area contributed by atoms with E-state index in [0.29, 0.717) is 37.7 Å². The third-order valence-corrected chi connectivity index (χ3v) is 3.56. The summed E-state index contributed by atoms with van der Waals surface area (Å²) < 4.78 is 16.8. The Balaban J connectivity index is 1.86. The molecular weight excluding hydrogens is 308 g/mol. The molecule has 0 spiro atoms. The van der Waals surface area contributed by atoms with Crippen LogP contribution >= 0.6 is 0 Å². The number of carbonyl (C=O) groups excluding carboxylic acids is 1. The predicted octanol–water partition coefficient (Wildman–Crippen LogP) is 2.52. The number of ether oxygens (including phenoxy) is 3. The lowest BCUT2D eigenvalue weighted by Gasteiger charge is -2.35. The molecule has 0 bridgehead atoms. The predicted molar refractivity (Wildman–Crippen MR) is 91.3 cm³/mol. The topological polar surface area (TPSA) is 60.9 Å². The first-order valence-corrected chi connectivity index (χ1v) is 8.42. The molecule has 1 aliphatic heterocycles. The maximum atomic E-state index is 12.5. The van der Waals surface area contributed by atoms with Gasteiger partial charge in [0.25, 0.3) is 5.91 Å². The van der Waals surface area contributed by atoms with Crippen molar-refractivity contribution in [1.29, 1.82) is 0 Å². The Morgan fingerprint density at radius 3 is 2.46 bits per heavy atom. The van der Waals surface area contributed by atoms with Crippen molar-refractivity contribution in [3.8, 4) is 5.88 Å². The highest BCUT2D eigenvalue weighted by Crippen LogP contribution is 2.15. The van der Waals surface area contributed by atoms with Crippen molar-refractivity contribution in [2.45, 2.75) is 52.4 Å². The van der Waals surface area contributed by atoms with Crippen molar-refractivity contribution in [3.05, 3.63) is 23.9 Å². The van der Waals surface area contributed by atoms with Gasteiger partial charge in [0.15, 0.2) is 0 Å². The Morgan fingerprint density at radius 2 is 1.92 bits per heavy atom. The standard InChI is InChI=1S/C18H28N2O4/c1-13-11-20(12-14(2)24-13)17(21)15-6-7-16(19-10-15)22-8-9-23-18(3,4)5/h6-7,10,13-14H,8-9,11-12H2,1-5H3. The second kappa shape index (κ2) is 7.94. The lowest BCUT2D eigenvalue weighted by Crippen LogP contribution is -2.48. The quantitative estimate of drug-likeness (QED) is 0.773. The molecule has 24 heavy (non-hydrogen) atoms. The minimum Gasteiger partial charge on any atom is -0.475 e. The van der Waals surface area contributed by atoms with Crippen LogP contribution < -0.4 is 4.74 Å². The Labute approximate surface area is 144 Å². The second-order valence-corrected chi connectivity index (χ2v) is 7.16. The fourth-order valence-corrected chi connectivity index (χ4v) is 2.61. The average molecular weight is 336 g/mol. The fourth-order valence-electron chi connectivity index (χ4n) is 2.61. The molecule has 6 heteroatoms. The number of morpholine rings is 1. The van der Waals surface area contributed by atoms with Crippen molar-refractivity contribution < 1.29 is 19.0 Å². The van der Waals surface area contributed by atoms with Gasteiger partial charge in [-0.2, -0.15) is 0 Å². The lowest BCUT2D eigenvalue weighted by atomic mass is 10.2. The molecule has 0 saturated carbocycles. The molecule has 6 nitrogen and oxygen atoms in total. The first-order valence-electron chi connectivity index (χ1n) is 8.42. The van der Waals surface area contributed by atoms with Crippen molar-refractivity contribution >= 4 is 5.91 Å². The molecule has 1 aromatic heterocycles. The summed E-state index contributed by atoms with van der Waals surface area (Å²) >= 11 is 0. The summed E-state index contributed by atoms with van der Waals surface area (Å²) in [5.74, 6) is 0.472. The summed E-state index contributed by atoms with van der Waals surface area (Å²) in [6.07, 6.45) is 1.67. The summed E-state index contributed by atoms with van der Waals surface area (Å²) in [6.45, 7) is 12.1. The van der Waals surface area contributed by atoms with Crippen LogP contribution in [0.15, 0.2) is 18.3 Å². The van der Waals surface area contributed by atoms with Crippen LogP contribution in [-0.2, 0) is 9.47 Å². The van der Waals surface area contributed by atoms with E-state index in [-0.39, 0.29) is 23.7 Å². The van der Waals surface area contributed by atoms with E-state index in [2.05, 4.69) is 4.98 Å². The highest BCUT2D eigenvalue weighted by Gasteiger charge is 2.26. The fraction of sp³-hybridized carbons (Fsp3) is 0.667. The van der Waals surface area contributed by atoms with Crippen LogP contribution in [0, 0.1) is 0 Å². The van der Waals surface area contributed by atoms with Gasteiger partial charge in [-0.05, 0) is 40.7 Å². The number of hydrogen-bond acceptors (Lipinski definition) is 5. The second-order valence-electron chi connectivity index (χ2n) is 7.16. The molecule has 1 fully saturated rings. The van der Waals surface area contributed by atoms with E-state index in [1.54, 1.807) is 18.3 Å². The monoisotopic (exact) mass is 336 g/mol. The number of pyridine rings is 1. The summed E-state index contributed by atoms with van der Waals surface area (Å²) in [7, 11) is 0. The number of hydrogen-bond donors (Lipinski definition) is 0. The van der Waals surface area contributed by atoms with Crippen LogP contribution in [-0.4, -0.2) is 59.9 Å². The molecule has 2 rings (SSSR count). The molecule has 2 heterocycles. The number of nitrogens with zero attached hydrogens (tertiary/aromatic N) is 2. The van der Waals surface area contributed by atoms with Gasteiger partial charge in [0.05, 0.1) is 30.0 Å². The zero-order chi connectivity index (χ0) is 17.7. The third kappa shape index (κ3) is 5.76. The highest BCUT2D eigenvalue weighted by molar-refractivity contribution is 5.94. The van der Waals surface area contributed by atoms with Gasteiger partial charge < -0.3 is 19.1 Å². The third-order valence-electron chi connectivity index (χ3n) is 3.56. The zero-order valence-electron chi connectivity index (χ0n) is 15.2. The van der Waals surface area contributed by atoms with E-state index in [1.807, 2.05) is 39.5 Å². The summed E-state index contributed by atoms with van der Waals surface area (Å²) in [4.78, 5) is 18.6. The molecule has 0 radical (unpaired) electrons. The van der Waals surface area contributed by atoms with Crippen molar-refractivity contribution in [2.24, 2.45) is 0 Å². The Kier molecular flexibility index (Phi) is 6.18. The van der Waals surface area contributed by atoms with E-state index in [0.717, 1.165) is 0 Å². The van der Waals surface area contributed by atoms with Gasteiger partial charge in [-0.3, -0.25) is 4.79 Å². The molecule has 134 valence electrons.